The van der Waals surface area contributed by atoms with Crippen molar-refractivity contribution in [2.24, 2.45) is 5.92 Å². The van der Waals surface area contributed by atoms with Crippen LogP contribution < -0.4 is 5.32 Å². The first-order chi connectivity index (χ1) is 15.2. The zero-order chi connectivity index (χ0) is 21.5. The number of amides is 1. The number of aromatic amines is 1. The van der Waals surface area contributed by atoms with Gasteiger partial charge in [0, 0.05) is 22.7 Å². The Kier molecular flexibility index (Phi) is 7.42. The molecule has 1 atom stereocenters. The smallest absolute Gasteiger partial charge is 0.251 e. The minimum Gasteiger partial charge on any atom is -0.394 e. The SMILES string of the molecule is O=C(N[C@@H](CO)Cc1c[nH]c2ccccc12)c1cccc(CCCC2CCCCC2)c1. The first kappa shape index (κ1) is 21.6. The quantitative estimate of drug-likeness (QED) is 0.435. The number of rotatable bonds is 9. The van der Waals surface area contributed by atoms with Crippen LogP contribution in [0, 0.1) is 5.92 Å². The number of aromatic nitrogens is 1. The number of aliphatic hydroxyl groups is 1. The molecule has 0 spiro atoms. The summed E-state index contributed by atoms with van der Waals surface area (Å²) in [6.45, 7) is -0.0909. The number of carbonyl (C=O) groups excluding carboxylic acids is 1. The lowest BCUT2D eigenvalue weighted by molar-refractivity contribution is 0.0916. The highest BCUT2D eigenvalue weighted by molar-refractivity contribution is 5.94. The molecule has 1 aromatic heterocycles. The van der Waals surface area contributed by atoms with Crippen LogP contribution in [-0.2, 0) is 12.8 Å². The summed E-state index contributed by atoms with van der Waals surface area (Å²) < 4.78 is 0. The summed E-state index contributed by atoms with van der Waals surface area (Å²) in [7, 11) is 0. The van der Waals surface area contributed by atoms with E-state index in [9.17, 15) is 9.90 Å². The second-order valence-electron chi connectivity index (χ2n) is 9.01. The molecule has 4 nitrogen and oxygen atoms in total. The van der Waals surface area contributed by atoms with E-state index in [0.717, 1.165) is 28.8 Å². The van der Waals surface area contributed by atoms with E-state index in [1.165, 1.54) is 50.5 Å². The maximum Gasteiger partial charge on any atom is 0.251 e. The van der Waals surface area contributed by atoms with Crippen LogP contribution in [0.15, 0.2) is 54.7 Å². The fourth-order valence-electron chi connectivity index (χ4n) is 4.93. The van der Waals surface area contributed by atoms with Crippen LogP contribution in [0.3, 0.4) is 0 Å². The number of carbonyl (C=O) groups is 1. The number of aliphatic hydroxyl groups excluding tert-OH is 1. The highest BCUT2D eigenvalue weighted by Gasteiger charge is 2.16. The first-order valence-corrected chi connectivity index (χ1v) is 11.8. The normalized spacial score (nSPS) is 15.8. The molecule has 0 aliphatic heterocycles. The van der Waals surface area contributed by atoms with Gasteiger partial charge in [-0.25, -0.2) is 0 Å². The Bertz CT molecular complexity index is 988. The van der Waals surface area contributed by atoms with Crippen molar-refractivity contribution in [1.82, 2.24) is 10.3 Å². The van der Waals surface area contributed by atoms with Crippen LogP contribution in [0.25, 0.3) is 10.9 Å². The average molecular weight is 419 g/mol. The van der Waals surface area contributed by atoms with Crippen molar-refractivity contribution in [1.29, 1.82) is 0 Å². The second-order valence-corrected chi connectivity index (χ2v) is 9.01. The molecule has 4 heteroatoms. The predicted octanol–water partition coefficient (Wildman–Crippen LogP) is 5.40. The number of H-pyrrole nitrogens is 1. The van der Waals surface area contributed by atoms with Crippen LogP contribution in [0.1, 0.15) is 66.4 Å². The third-order valence-corrected chi connectivity index (χ3v) is 6.69. The van der Waals surface area contributed by atoms with Gasteiger partial charge in [0.25, 0.3) is 5.91 Å². The molecule has 1 aliphatic rings. The monoisotopic (exact) mass is 418 g/mol. The maximum absolute atomic E-state index is 12.8. The van der Waals surface area contributed by atoms with Crippen molar-refractivity contribution in [2.45, 2.75) is 63.8 Å². The molecule has 3 aromatic rings. The molecule has 0 bridgehead atoms. The predicted molar refractivity (Wildman–Crippen MR) is 126 cm³/mol. The van der Waals surface area contributed by atoms with Crippen LogP contribution in [0.2, 0.25) is 0 Å². The summed E-state index contributed by atoms with van der Waals surface area (Å²) in [5.74, 6) is 0.781. The van der Waals surface area contributed by atoms with Gasteiger partial charge < -0.3 is 15.4 Å². The summed E-state index contributed by atoms with van der Waals surface area (Å²) in [4.78, 5) is 16.1. The van der Waals surface area contributed by atoms with E-state index in [-0.39, 0.29) is 18.6 Å². The van der Waals surface area contributed by atoms with Crippen LogP contribution in [-0.4, -0.2) is 28.6 Å². The van der Waals surface area contributed by atoms with Crippen molar-refractivity contribution in [2.75, 3.05) is 6.61 Å². The highest BCUT2D eigenvalue weighted by Crippen LogP contribution is 2.28. The number of benzene rings is 2. The van der Waals surface area contributed by atoms with E-state index in [0.29, 0.717) is 12.0 Å². The number of hydrogen-bond donors (Lipinski definition) is 3. The standard InChI is InChI=1S/C27H34N2O2/c30-19-24(17-23-18-28-26-15-5-4-14-25(23)26)29-27(31)22-13-7-12-21(16-22)11-6-10-20-8-2-1-3-9-20/h4-5,7,12-16,18,20,24,28,30H,1-3,6,8-11,17,19H2,(H,29,31)/t24-/m1/s1. The Morgan fingerprint density at radius 3 is 2.77 bits per heavy atom. The Morgan fingerprint density at radius 1 is 1.10 bits per heavy atom. The van der Waals surface area contributed by atoms with Gasteiger partial charge in [-0.05, 0) is 54.5 Å². The van der Waals surface area contributed by atoms with Crippen LogP contribution >= 0.6 is 0 Å². The van der Waals surface area contributed by atoms with Gasteiger partial charge in [0.15, 0.2) is 0 Å². The number of hydrogen-bond acceptors (Lipinski definition) is 2. The highest BCUT2D eigenvalue weighted by atomic mass is 16.3. The Balaban J connectivity index is 1.33. The van der Waals surface area contributed by atoms with E-state index < -0.39 is 0 Å². The Labute approximate surface area is 185 Å². The van der Waals surface area contributed by atoms with Gasteiger partial charge in [-0.1, -0.05) is 68.9 Å². The van der Waals surface area contributed by atoms with E-state index in [1.807, 2.05) is 42.6 Å². The Hall–Kier alpha value is -2.59. The van der Waals surface area contributed by atoms with E-state index >= 15 is 0 Å². The lowest BCUT2D eigenvalue weighted by atomic mass is 9.85. The molecular formula is C27H34N2O2. The van der Waals surface area contributed by atoms with Crippen molar-refractivity contribution >= 4 is 16.8 Å². The van der Waals surface area contributed by atoms with Crippen molar-refractivity contribution in [3.05, 3.63) is 71.4 Å². The van der Waals surface area contributed by atoms with Crippen molar-refractivity contribution in [3.8, 4) is 0 Å². The van der Waals surface area contributed by atoms with Gasteiger partial charge in [-0.2, -0.15) is 0 Å². The third kappa shape index (κ3) is 5.76. The van der Waals surface area contributed by atoms with Gasteiger partial charge >= 0.3 is 0 Å². The van der Waals surface area contributed by atoms with E-state index in [4.69, 9.17) is 0 Å². The molecular weight excluding hydrogens is 384 g/mol. The zero-order valence-electron chi connectivity index (χ0n) is 18.3. The number of para-hydroxylation sites is 1. The first-order valence-electron chi connectivity index (χ1n) is 11.8. The fourth-order valence-corrected chi connectivity index (χ4v) is 4.93. The molecule has 1 aliphatic carbocycles. The van der Waals surface area contributed by atoms with Gasteiger partial charge in [-0.3, -0.25) is 4.79 Å². The van der Waals surface area contributed by atoms with Gasteiger partial charge in [0.1, 0.15) is 0 Å². The minimum absolute atomic E-state index is 0.0909. The van der Waals surface area contributed by atoms with Gasteiger partial charge in [0.2, 0.25) is 0 Å². The molecule has 1 amide bonds. The third-order valence-electron chi connectivity index (χ3n) is 6.69. The van der Waals surface area contributed by atoms with E-state index in [2.05, 4.69) is 22.4 Å². The summed E-state index contributed by atoms with van der Waals surface area (Å²) in [6, 6.07) is 15.7. The molecule has 31 heavy (non-hydrogen) atoms. The largest absolute Gasteiger partial charge is 0.394 e. The molecule has 164 valence electrons. The van der Waals surface area contributed by atoms with Crippen molar-refractivity contribution < 1.29 is 9.90 Å². The van der Waals surface area contributed by atoms with Crippen LogP contribution in [0.5, 0.6) is 0 Å². The number of nitrogens with one attached hydrogen (secondary N) is 2. The molecule has 1 heterocycles. The molecule has 3 N–H and O–H groups in total. The lowest BCUT2D eigenvalue weighted by Crippen LogP contribution is -2.39. The summed E-state index contributed by atoms with van der Waals surface area (Å²) in [6.07, 6.45) is 13.0. The number of aryl methyl sites for hydroxylation is 1. The molecule has 1 fully saturated rings. The molecule has 0 saturated heterocycles. The molecule has 4 rings (SSSR count). The maximum atomic E-state index is 12.8. The molecule has 2 aromatic carbocycles. The summed E-state index contributed by atoms with van der Waals surface area (Å²) >= 11 is 0. The lowest BCUT2D eigenvalue weighted by Gasteiger charge is -2.21. The van der Waals surface area contributed by atoms with Gasteiger partial charge in [-0.15, -0.1) is 0 Å². The van der Waals surface area contributed by atoms with Gasteiger partial charge in [0.05, 0.1) is 12.6 Å². The average Bonchev–Trinajstić information content (AvgIpc) is 3.22. The zero-order valence-corrected chi connectivity index (χ0v) is 18.3. The molecule has 0 unspecified atom stereocenters. The summed E-state index contributed by atoms with van der Waals surface area (Å²) in [5, 5.41) is 14.0. The minimum atomic E-state index is -0.318. The molecule has 0 radical (unpaired) electrons. The van der Waals surface area contributed by atoms with Crippen molar-refractivity contribution in [3.63, 3.8) is 0 Å². The fraction of sp³-hybridized carbons (Fsp3) is 0.444. The topological polar surface area (TPSA) is 65.1 Å². The van der Waals surface area contributed by atoms with Crippen LogP contribution in [0.4, 0.5) is 0 Å². The second kappa shape index (κ2) is 10.6. The Morgan fingerprint density at radius 2 is 1.94 bits per heavy atom. The summed E-state index contributed by atoms with van der Waals surface area (Å²) in [5.41, 5.74) is 4.07. The molecule has 1 saturated carbocycles. The van der Waals surface area contributed by atoms with E-state index in [1.54, 1.807) is 0 Å². The number of fused-ring (bicyclic) bond motifs is 1.